The lowest BCUT2D eigenvalue weighted by atomic mass is 10.2. The number of nitrogens with two attached hydrogens (primary N) is 1. The Bertz CT molecular complexity index is 554. The van der Waals surface area contributed by atoms with Gasteiger partial charge >= 0.3 is 0 Å². The van der Waals surface area contributed by atoms with Crippen LogP contribution in [-0.4, -0.2) is 25.0 Å². The van der Waals surface area contributed by atoms with Gasteiger partial charge in [-0.25, -0.2) is 4.98 Å². The van der Waals surface area contributed by atoms with Crippen LogP contribution >= 0.6 is 11.3 Å². The monoisotopic (exact) mass is 276 g/mol. The van der Waals surface area contributed by atoms with Crippen LogP contribution in [0.2, 0.25) is 0 Å². The Hall–Kier alpha value is -1.92. The third-order valence-corrected chi connectivity index (χ3v) is 3.56. The lowest BCUT2D eigenvalue weighted by molar-refractivity contribution is -0.117. The molecule has 1 unspecified atom stereocenters. The number of aromatic nitrogens is 1. The number of hydrogen-bond donors (Lipinski definition) is 2. The molecule has 0 saturated carbocycles. The Kier molecular flexibility index (Phi) is 4.13. The summed E-state index contributed by atoms with van der Waals surface area (Å²) in [6.45, 7) is 0. The third-order valence-electron chi connectivity index (χ3n) is 2.60. The molecule has 2 rings (SSSR count). The van der Waals surface area contributed by atoms with Crippen molar-refractivity contribution in [2.45, 2.75) is 6.04 Å². The van der Waals surface area contributed by atoms with Crippen molar-refractivity contribution in [3.05, 3.63) is 40.7 Å². The molecule has 0 aliphatic rings. The molecule has 2 aromatic heterocycles. The minimum atomic E-state index is -0.657. The summed E-state index contributed by atoms with van der Waals surface area (Å²) in [5, 5.41) is 4.72. The molecule has 1 amide bonds. The van der Waals surface area contributed by atoms with Gasteiger partial charge in [0.25, 0.3) is 0 Å². The van der Waals surface area contributed by atoms with E-state index >= 15 is 0 Å². The van der Waals surface area contributed by atoms with Crippen molar-refractivity contribution in [1.29, 1.82) is 0 Å². The van der Waals surface area contributed by atoms with Crippen molar-refractivity contribution in [1.82, 2.24) is 4.98 Å². The van der Waals surface area contributed by atoms with Gasteiger partial charge in [0, 0.05) is 25.2 Å². The highest BCUT2D eigenvalue weighted by atomic mass is 32.1. The minimum Gasteiger partial charge on any atom is -0.361 e. The third kappa shape index (κ3) is 3.10. The van der Waals surface area contributed by atoms with Gasteiger partial charge in [-0.2, -0.15) is 0 Å². The summed E-state index contributed by atoms with van der Waals surface area (Å²) in [5.74, 6) is 0.466. The van der Waals surface area contributed by atoms with Crippen molar-refractivity contribution in [2.24, 2.45) is 5.73 Å². The van der Waals surface area contributed by atoms with E-state index in [9.17, 15) is 4.79 Å². The van der Waals surface area contributed by atoms with Crippen LogP contribution in [-0.2, 0) is 4.79 Å². The number of nitrogens with zero attached hydrogens (tertiary/aromatic N) is 2. The first-order chi connectivity index (χ1) is 9.09. The lowest BCUT2D eigenvalue weighted by Gasteiger charge is -2.17. The van der Waals surface area contributed by atoms with Crippen molar-refractivity contribution >= 4 is 28.7 Å². The molecule has 0 spiro atoms. The second-order valence-electron chi connectivity index (χ2n) is 4.25. The van der Waals surface area contributed by atoms with Gasteiger partial charge in [-0.05, 0) is 23.6 Å². The molecule has 2 heterocycles. The zero-order valence-electron chi connectivity index (χ0n) is 10.8. The standard InChI is InChI=1S/C13H16N4OS/c1-17(2)12-9(5-3-7-15-12)16-13(18)11(14)10-6-4-8-19-10/h3-8,11H,14H2,1-2H3,(H,16,18). The molecule has 6 heteroatoms. The summed E-state index contributed by atoms with van der Waals surface area (Å²) in [7, 11) is 3.74. The topological polar surface area (TPSA) is 71.2 Å². The fraction of sp³-hybridized carbons (Fsp3) is 0.231. The second kappa shape index (κ2) is 5.81. The molecule has 0 aliphatic carbocycles. The van der Waals surface area contributed by atoms with Crippen molar-refractivity contribution in [3.63, 3.8) is 0 Å². The number of nitrogens with one attached hydrogen (secondary N) is 1. The predicted molar refractivity (Wildman–Crippen MR) is 78.4 cm³/mol. The van der Waals surface area contributed by atoms with Gasteiger partial charge in [-0.15, -0.1) is 11.3 Å². The van der Waals surface area contributed by atoms with E-state index in [-0.39, 0.29) is 5.91 Å². The molecule has 0 saturated heterocycles. The van der Waals surface area contributed by atoms with Crippen LogP contribution in [0.5, 0.6) is 0 Å². The maximum Gasteiger partial charge on any atom is 0.246 e. The van der Waals surface area contributed by atoms with Crippen LogP contribution in [0.3, 0.4) is 0 Å². The average Bonchev–Trinajstić information content (AvgIpc) is 2.92. The van der Waals surface area contributed by atoms with Gasteiger partial charge < -0.3 is 16.0 Å². The van der Waals surface area contributed by atoms with E-state index in [1.54, 1.807) is 18.3 Å². The highest BCUT2D eigenvalue weighted by Crippen LogP contribution is 2.23. The summed E-state index contributed by atoms with van der Waals surface area (Å²) in [6.07, 6.45) is 1.68. The van der Waals surface area contributed by atoms with Crippen LogP contribution in [0, 0.1) is 0 Å². The van der Waals surface area contributed by atoms with Crippen molar-refractivity contribution in [3.8, 4) is 0 Å². The molecule has 0 aliphatic heterocycles. The SMILES string of the molecule is CN(C)c1ncccc1NC(=O)C(N)c1cccs1. The zero-order valence-corrected chi connectivity index (χ0v) is 11.6. The molecule has 5 nitrogen and oxygen atoms in total. The van der Waals surface area contributed by atoms with Gasteiger partial charge in [-0.1, -0.05) is 6.07 Å². The second-order valence-corrected chi connectivity index (χ2v) is 5.23. The molecule has 1 atom stereocenters. The maximum absolute atomic E-state index is 12.1. The molecule has 0 bridgehead atoms. The van der Waals surface area contributed by atoms with E-state index in [2.05, 4.69) is 10.3 Å². The van der Waals surface area contributed by atoms with Gasteiger partial charge in [0.1, 0.15) is 6.04 Å². The zero-order chi connectivity index (χ0) is 13.8. The smallest absolute Gasteiger partial charge is 0.246 e. The average molecular weight is 276 g/mol. The quantitative estimate of drug-likeness (QED) is 0.894. The summed E-state index contributed by atoms with van der Waals surface area (Å²) in [5.41, 5.74) is 6.58. The number of carbonyl (C=O) groups excluding carboxylic acids is 1. The van der Waals surface area contributed by atoms with Crippen LogP contribution in [0.4, 0.5) is 11.5 Å². The Morgan fingerprint density at radius 2 is 2.21 bits per heavy atom. The number of amides is 1. The number of rotatable bonds is 4. The number of thiophene rings is 1. The molecular weight excluding hydrogens is 260 g/mol. The van der Waals surface area contributed by atoms with Gasteiger partial charge in [0.15, 0.2) is 5.82 Å². The van der Waals surface area contributed by atoms with Gasteiger partial charge in [0.2, 0.25) is 5.91 Å². The van der Waals surface area contributed by atoms with E-state index < -0.39 is 6.04 Å². The van der Waals surface area contributed by atoms with E-state index in [1.807, 2.05) is 36.5 Å². The molecule has 0 radical (unpaired) electrons. The van der Waals surface area contributed by atoms with Gasteiger partial charge in [0.05, 0.1) is 5.69 Å². The maximum atomic E-state index is 12.1. The summed E-state index contributed by atoms with van der Waals surface area (Å²) in [4.78, 5) is 19.0. The number of hydrogen-bond acceptors (Lipinski definition) is 5. The normalized spacial score (nSPS) is 11.9. The Balaban J connectivity index is 2.15. The molecule has 0 fully saturated rings. The van der Waals surface area contributed by atoms with Crippen LogP contribution in [0.1, 0.15) is 10.9 Å². The Labute approximate surface area is 116 Å². The Morgan fingerprint density at radius 3 is 2.84 bits per heavy atom. The number of carbonyl (C=O) groups is 1. The number of anilines is 2. The Morgan fingerprint density at radius 1 is 1.42 bits per heavy atom. The lowest BCUT2D eigenvalue weighted by Crippen LogP contribution is -2.28. The van der Waals surface area contributed by atoms with Crippen molar-refractivity contribution < 1.29 is 4.79 Å². The first-order valence-electron chi connectivity index (χ1n) is 5.82. The fourth-order valence-electron chi connectivity index (χ4n) is 1.66. The predicted octanol–water partition coefficient (Wildman–Crippen LogP) is 1.85. The molecule has 3 N–H and O–H groups in total. The first kappa shape index (κ1) is 13.5. The van der Waals surface area contributed by atoms with E-state index in [4.69, 9.17) is 5.73 Å². The van der Waals surface area contributed by atoms with Gasteiger partial charge in [-0.3, -0.25) is 4.79 Å². The molecule has 19 heavy (non-hydrogen) atoms. The fourth-order valence-corrected chi connectivity index (χ4v) is 2.38. The van der Waals surface area contributed by atoms with E-state index in [1.165, 1.54) is 11.3 Å². The number of pyridine rings is 1. The molecule has 2 aromatic rings. The largest absolute Gasteiger partial charge is 0.361 e. The van der Waals surface area contributed by atoms with Crippen LogP contribution < -0.4 is 16.0 Å². The summed E-state index contributed by atoms with van der Waals surface area (Å²) < 4.78 is 0. The summed E-state index contributed by atoms with van der Waals surface area (Å²) in [6, 6.07) is 6.66. The molecule has 0 aromatic carbocycles. The van der Waals surface area contributed by atoms with Crippen LogP contribution in [0.25, 0.3) is 0 Å². The van der Waals surface area contributed by atoms with E-state index in [0.29, 0.717) is 11.5 Å². The molecular formula is C13H16N4OS. The summed E-state index contributed by atoms with van der Waals surface area (Å²) >= 11 is 1.47. The van der Waals surface area contributed by atoms with Crippen LogP contribution in [0.15, 0.2) is 35.8 Å². The van der Waals surface area contributed by atoms with E-state index in [0.717, 1.165) is 4.88 Å². The minimum absolute atomic E-state index is 0.237. The highest BCUT2D eigenvalue weighted by Gasteiger charge is 2.18. The highest BCUT2D eigenvalue weighted by molar-refractivity contribution is 7.10. The molecule has 100 valence electrons. The first-order valence-corrected chi connectivity index (χ1v) is 6.69. The van der Waals surface area contributed by atoms with Crippen molar-refractivity contribution in [2.75, 3.05) is 24.3 Å².